The molecule has 0 radical (unpaired) electrons. The van der Waals surface area contributed by atoms with Crippen molar-refractivity contribution in [2.75, 3.05) is 0 Å². The third-order valence-electron chi connectivity index (χ3n) is 2.24. The van der Waals surface area contributed by atoms with Gasteiger partial charge in [0.15, 0.2) is 0 Å². The van der Waals surface area contributed by atoms with Gasteiger partial charge in [-0.25, -0.2) is 4.21 Å². The SMILES string of the molecule is O=[N+]([O-])C(c1ccc2[nH]ccc2c1)S(=O)O. The zero-order chi connectivity index (χ0) is 11.7. The molecule has 0 spiro atoms. The molecular formula is C9H8N2O4S. The first-order valence-electron chi connectivity index (χ1n) is 4.40. The van der Waals surface area contributed by atoms with Crippen LogP contribution < -0.4 is 0 Å². The Balaban J connectivity index is 2.52. The van der Waals surface area contributed by atoms with E-state index in [0.717, 1.165) is 10.9 Å². The van der Waals surface area contributed by atoms with E-state index in [9.17, 15) is 14.3 Å². The molecule has 1 heterocycles. The van der Waals surface area contributed by atoms with E-state index in [0.29, 0.717) is 0 Å². The molecule has 0 aliphatic rings. The minimum atomic E-state index is -2.52. The van der Waals surface area contributed by atoms with Gasteiger partial charge in [-0.3, -0.25) is 10.1 Å². The van der Waals surface area contributed by atoms with Crippen LogP contribution in [0.4, 0.5) is 0 Å². The Bertz CT molecular complexity index is 551. The van der Waals surface area contributed by atoms with Crippen molar-refractivity contribution in [3.63, 3.8) is 0 Å². The molecule has 0 fully saturated rings. The summed E-state index contributed by atoms with van der Waals surface area (Å²) in [5.74, 6) is 0. The third-order valence-corrected chi connectivity index (χ3v) is 3.07. The summed E-state index contributed by atoms with van der Waals surface area (Å²) in [6.07, 6.45) is 1.70. The van der Waals surface area contributed by atoms with Gasteiger partial charge in [0.05, 0.1) is 0 Å². The van der Waals surface area contributed by atoms with Crippen LogP contribution in [0.5, 0.6) is 0 Å². The molecule has 0 saturated heterocycles. The molecule has 0 aliphatic heterocycles. The fraction of sp³-hybridized carbons (Fsp3) is 0.111. The first-order valence-corrected chi connectivity index (χ1v) is 5.57. The lowest BCUT2D eigenvalue weighted by molar-refractivity contribution is -0.502. The number of hydrogen-bond acceptors (Lipinski definition) is 3. The number of hydrogen-bond donors (Lipinski definition) is 2. The van der Waals surface area contributed by atoms with Crippen molar-refractivity contribution in [2.24, 2.45) is 0 Å². The lowest BCUT2D eigenvalue weighted by atomic mass is 10.1. The Labute approximate surface area is 92.7 Å². The summed E-state index contributed by atoms with van der Waals surface area (Å²) in [4.78, 5) is 12.8. The molecule has 1 aromatic carbocycles. The first kappa shape index (κ1) is 10.8. The van der Waals surface area contributed by atoms with E-state index in [1.807, 2.05) is 0 Å². The van der Waals surface area contributed by atoms with E-state index in [1.165, 1.54) is 12.1 Å². The molecule has 1 aromatic heterocycles. The van der Waals surface area contributed by atoms with Crippen LogP contribution in [0.25, 0.3) is 10.9 Å². The highest BCUT2D eigenvalue weighted by Gasteiger charge is 2.29. The molecular weight excluding hydrogens is 232 g/mol. The Morgan fingerprint density at radius 3 is 2.81 bits per heavy atom. The highest BCUT2D eigenvalue weighted by Crippen LogP contribution is 2.23. The third kappa shape index (κ3) is 1.82. The summed E-state index contributed by atoms with van der Waals surface area (Å²) in [7, 11) is 0. The van der Waals surface area contributed by atoms with Crippen molar-refractivity contribution in [2.45, 2.75) is 5.37 Å². The van der Waals surface area contributed by atoms with Crippen molar-refractivity contribution >= 4 is 22.0 Å². The molecule has 2 rings (SSSR count). The maximum Gasteiger partial charge on any atom is 0.335 e. The molecule has 0 saturated carbocycles. The number of rotatable bonds is 3. The zero-order valence-corrected chi connectivity index (χ0v) is 8.81. The van der Waals surface area contributed by atoms with Gasteiger partial charge in [0, 0.05) is 22.2 Å². The van der Waals surface area contributed by atoms with E-state index in [1.54, 1.807) is 18.3 Å². The highest BCUT2D eigenvalue weighted by molar-refractivity contribution is 7.79. The average molecular weight is 240 g/mol. The van der Waals surface area contributed by atoms with E-state index in [-0.39, 0.29) is 5.56 Å². The van der Waals surface area contributed by atoms with Crippen LogP contribution in [-0.2, 0) is 11.1 Å². The number of H-pyrrole nitrogens is 1. The van der Waals surface area contributed by atoms with Crippen LogP contribution in [-0.4, -0.2) is 18.7 Å². The van der Waals surface area contributed by atoms with Crippen molar-refractivity contribution in [1.29, 1.82) is 0 Å². The summed E-state index contributed by atoms with van der Waals surface area (Å²) < 4.78 is 19.8. The second kappa shape index (κ2) is 4.03. The fourth-order valence-electron chi connectivity index (χ4n) is 1.54. The maximum absolute atomic E-state index is 10.9. The molecule has 6 nitrogen and oxygen atoms in total. The summed E-state index contributed by atoms with van der Waals surface area (Å²) in [5.41, 5.74) is 1.05. The molecule has 2 atom stereocenters. The van der Waals surface area contributed by atoms with Crippen LogP contribution in [0.15, 0.2) is 30.5 Å². The number of nitro groups is 1. The van der Waals surface area contributed by atoms with Crippen molar-refractivity contribution in [1.82, 2.24) is 4.98 Å². The lowest BCUT2D eigenvalue weighted by Gasteiger charge is -2.05. The summed E-state index contributed by atoms with van der Waals surface area (Å²) in [5, 5.41) is 9.84. The molecule has 0 aliphatic carbocycles. The van der Waals surface area contributed by atoms with Gasteiger partial charge >= 0.3 is 5.37 Å². The minimum Gasteiger partial charge on any atom is -0.361 e. The van der Waals surface area contributed by atoms with Gasteiger partial charge < -0.3 is 9.54 Å². The molecule has 2 aromatic rings. The average Bonchev–Trinajstić information content (AvgIpc) is 2.63. The summed E-state index contributed by atoms with van der Waals surface area (Å²) >= 11 is -2.52. The molecule has 2 N–H and O–H groups in total. The van der Waals surface area contributed by atoms with E-state index in [4.69, 9.17) is 4.55 Å². The second-order valence-electron chi connectivity index (χ2n) is 3.24. The summed E-state index contributed by atoms with van der Waals surface area (Å²) in [6.45, 7) is 0. The normalized spacial score (nSPS) is 14.8. The molecule has 84 valence electrons. The van der Waals surface area contributed by atoms with Crippen LogP contribution >= 0.6 is 0 Å². The van der Waals surface area contributed by atoms with Crippen LogP contribution in [0, 0.1) is 10.1 Å². The second-order valence-corrected chi connectivity index (χ2v) is 4.24. The Hall–Kier alpha value is -1.73. The zero-order valence-electron chi connectivity index (χ0n) is 7.99. The van der Waals surface area contributed by atoms with Crippen LogP contribution in [0.1, 0.15) is 10.9 Å². The minimum absolute atomic E-state index is 0.220. The predicted molar refractivity (Wildman–Crippen MR) is 58.8 cm³/mol. The number of nitrogens with zero attached hydrogens (tertiary/aromatic N) is 1. The standard InChI is InChI=1S/C9H8N2O4S/c12-11(13)9(16(14)15)7-1-2-8-6(5-7)3-4-10-8/h1-5,9-10H,(H,14,15). The van der Waals surface area contributed by atoms with Crippen LogP contribution in [0.2, 0.25) is 0 Å². The molecule has 0 amide bonds. The number of aromatic amines is 1. The smallest absolute Gasteiger partial charge is 0.335 e. The van der Waals surface area contributed by atoms with Gasteiger partial charge in [-0.1, -0.05) is 0 Å². The highest BCUT2D eigenvalue weighted by atomic mass is 32.2. The Kier molecular flexibility index (Phi) is 2.71. The number of nitrogens with one attached hydrogen (secondary N) is 1. The van der Waals surface area contributed by atoms with Gasteiger partial charge in [0.2, 0.25) is 11.1 Å². The van der Waals surface area contributed by atoms with Crippen molar-refractivity contribution < 1.29 is 13.7 Å². The molecule has 16 heavy (non-hydrogen) atoms. The fourth-order valence-corrected chi connectivity index (χ4v) is 2.06. The van der Waals surface area contributed by atoms with Gasteiger partial charge in [0.25, 0.3) is 0 Å². The van der Waals surface area contributed by atoms with Crippen molar-refractivity contribution in [3.05, 3.63) is 46.1 Å². The predicted octanol–water partition coefficient (Wildman–Crippen LogP) is 1.66. The summed E-state index contributed by atoms with van der Waals surface area (Å²) in [6, 6.07) is 6.40. The molecule has 0 bridgehead atoms. The number of aromatic nitrogens is 1. The van der Waals surface area contributed by atoms with Crippen LogP contribution in [0.3, 0.4) is 0 Å². The van der Waals surface area contributed by atoms with Crippen molar-refractivity contribution in [3.8, 4) is 0 Å². The number of fused-ring (bicyclic) bond motifs is 1. The number of benzene rings is 1. The first-order chi connectivity index (χ1) is 7.59. The van der Waals surface area contributed by atoms with Gasteiger partial charge in [0.1, 0.15) is 0 Å². The van der Waals surface area contributed by atoms with E-state index in [2.05, 4.69) is 4.98 Å². The topological polar surface area (TPSA) is 96.2 Å². The van der Waals surface area contributed by atoms with Gasteiger partial charge in [-0.15, -0.1) is 0 Å². The van der Waals surface area contributed by atoms with Gasteiger partial charge in [-0.2, -0.15) is 0 Å². The monoisotopic (exact) mass is 240 g/mol. The van der Waals surface area contributed by atoms with Gasteiger partial charge in [-0.05, 0) is 29.7 Å². The largest absolute Gasteiger partial charge is 0.361 e. The van der Waals surface area contributed by atoms with E-state index < -0.39 is 21.4 Å². The Morgan fingerprint density at radius 2 is 2.19 bits per heavy atom. The molecule has 2 unspecified atom stereocenters. The Morgan fingerprint density at radius 1 is 1.44 bits per heavy atom. The molecule has 7 heteroatoms. The quantitative estimate of drug-likeness (QED) is 0.484. The lowest BCUT2D eigenvalue weighted by Crippen LogP contribution is -2.15. The maximum atomic E-state index is 10.9. The van der Waals surface area contributed by atoms with E-state index >= 15 is 0 Å².